The van der Waals surface area contributed by atoms with Crippen molar-refractivity contribution in [3.05, 3.63) is 0 Å². The third kappa shape index (κ3) is 0.446. The van der Waals surface area contributed by atoms with Crippen molar-refractivity contribution in [2.24, 2.45) is 11.8 Å². The summed E-state index contributed by atoms with van der Waals surface area (Å²) in [7, 11) is 0. The lowest BCUT2D eigenvalue weighted by atomic mass is 9.69. The molecule has 2 heteroatoms. The predicted octanol–water partition coefficient (Wildman–Crippen LogP) is -0.413. The second kappa shape index (κ2) is 1.45. The second-order valence-electron chi connectivity index (χ2n) is 2.90. The van der Waals surface area contributed by atoms with Crippen LogP contribution in [0.3, 0.4) is 0 Å². The zero-order valence-corrected chi connectivity index (χ0v) is 4.80. The monoisotopic (exact) mass is 113 g/mol. The molecular formula is C6H11NO. The highest BCUT2D eigenvalue weighted by Gasteiger charge is 2.42. The highest BCUT2D eigenvalue weighted by atomic mass is 16.3. The van der Waals surface area contributed by atoms with Crippen LogP contribution in [0.4, 0.5) is 0 Å². The Morgan fingerprint density at radius 3 is 2.12 bits per heavy atom. The molecular weight excluding hydrogens is 102 g/mol. The number of nitrogens with one attached hydrogen (secondary N) is 1. The molecule has 2 N–H and O–H groups in total. The van der Waals surface area contributed by atoms with Gasteiger partial charge in [-0.3, -0.25) is 0 Å². The lowest BCUT2D eigenvalue weighted by Gasteiger charge is -2.46. The Labute approximate surface area is 48.9 Å². The number of hydrogen-bond acceptors (Lipinski definition) is 2. The fourth-order valence-electron chi connectivity index (χ4n) is 1.72. The molecule has 46 valence electrons. The summed E-state index contributed by atoms with van der Waals surface area (Å²) in [6, 6.07) is 0. The van der Waals surface area contributed by atoms with Crippen molar-refractivity contribution in [3.8, 4) is 0 Å². The first kappa shape index (κ1) is 4.77. The van der Waals surface area contributed by atoms with Gasteiger partial charge in [0.2, 0.25) is 0 Å². The first-order valence-electron chi connectivity index (χ1n) is 3.26. The van der Waals surface area contributed by atoms with E-state index < -0.39 is 0 Å². The number of aliphatic hydroxyl groups excluding tert-OH is 1. The van der Waals surface area contributed by atoms with Gasteiger partial charge < -0.3 is 10.4 Å². The van der Waals surface area contributed by atoms with Crippen LogP contribution in [0.2, 0.25) is 0 Å². The third-order valence-corrected chi connectivity index (χ3v) is 2.38. The Morgan fingerprint density at radius 1 is 1.25 bits per heavy atom. The summed E-state index contributed by atoms with van der Waals surface area (Å²) in [4.78, 5) is 0. The van der Waals surface area contributed by atoms with Crippen LogP contribution in [-0.2, 0) is 0 Å². The lowest BCUT2D eigenvalue weighted by molar-refractivity contribution is -0.0630. The van der Waals surface area contributed by atoms with Gasteiger partial charge in [-0.15, -0.1) is 0 Å². The summed E-state index contributed by atoms with van der Waals surface area (Å²) >= 11 is 0. The molecule has 3 rings (SSSR count). The van der Waals surface area contributed by atoms with Gasteiger partial charge in [0.1, 0.15) is 0 Å². The van der Waals surface area contributed by atoms with E-state index in [-0.39, 0.29) is 6.10 Å². The molecule has 2 atom stereocenters. The molecule has 0 aromatic heterocycles. The maximum Gasteiger partial charge on any atom is 0.0621 e. The van der Waals surface area contributed by atoms with Crippen LogP contribution in [0.25, 0.3) is 0 Å². The van der Waals surface area contributed by atoms with E-state index >= 15 is 0 Å². The molecule has 3 aliphatic rings. The second-order valence-corrected chi connectivity index (χ2v) is 2.90. The molecule has 0 amide bonds. The molecule has 0 aromatic rings. The van der Waals surface area contributed by atoms with E-state index in [1.165, 1.54) is 6.42 Å². The number of piperidine rings is 2. The fourth-order valence-corrected chi connectivity index (χ4v) is 1.72. The van der Waals surface area contributed by atoms with Crippen molar-refractivity contribution in [3.63, 3.8) is 0 Å². The molecule has 3 fully saturated rings. The van der Waals surface area contributed by atoms with Gasteiger partial charge in [0.25, 0.3) is 0 Å². The van der Waals surface area contributed by atoms with Gasteiger partial charge in [-0.2, -0.15) is 0 Å². The Morgan fingerprint density at radius 2 is 1.88 bits per heavy atom. The van der Waals surface area contributed by atoms with Crippen LogP contribution in [0.5, 0.6) is 0 Å². The molecule has 0 radical (unpaired) electrons. The van der Waals surface area contributed by atoms with Crippen molar-refractivity contribution in [1.82, 2.24) is 5.32 Å². The number of aliphatic hydroxyl groups is 1. The molecule has 2 unspecified atom stereocenters. The van der Waals surface area contributed by atoms with Gasteiger partial charge in [0.05, 0.1) is 6.10 Å². The van der Waals surface area contributed by atoms with Crippen molar-refractivity contribution >= 4 is 0 Å². The maximum absolute atomic E-state index is 9.19. The van der Waals surface area contributed by atoms with Gasteiger partial charge in [-0.25, -0.2) is 0 Å². The quantitative estimate of drug-likeness (QED) is 0.447. The predicted molar refractivity (Wildman–Crippen MR) is 30.5 cm³/mol. The minimum atomic E-state index is 0.0382. The number of fused-ring (bicyclic) bond motifs is 2. The first-order chi connectivity index (χ1) is 3.88. The Kier molecular flexibility index (Phi) is 0.866. The first-order valence-corrected chi connectivity index (χ1v) is 3.26. The highest BCUT2D eigenvalue weighted by Crippen LogP contribution is 2.35. The summed E-state index contributed by atoms with van der Waals surface area (Å²) in [5.41, 5.74) is 0. The number of hydrogen-bond donors (Lipinski definition) is 2. The van der Waals surface area contributed by atoms with Gasteiger partial charge in [-0.1, -0.05) is 0 Å². The molecule has 1 aliphatic carbocycles. The molecule has 0 spiro atoms. The van der Waals surface area contributed by atoms with Crippen LogP contribution in [-0.4, -0.2) is 24.3 Å². The SMILES string of the molecule is OC1C2CNCC1C2. The van der Waals surface area contributed by atoms with Gasteiger partial charge >= 0.3 is 0 Å². The molecule has 2 nitrogen and oxygen atoms in total. The molecule has 2 heterocycles. The van der Waals surface area contributed by atoms with Crippen LogP contribution >= 0.6 is 0 Å². The van der Waals surface area contributed by atoms with Crippen molar-refractivity contribution in [2.45, 2.75) is 12.5 Å². The van der Waals surface area contributed by atoms with Crippen LogP contribution in [0.15, 0.2) is 0 Å². The summed E-state index contributed by atoms with van der Waals surface area (Å²) in [6.07, 6.45) is 1.30. The number of rotatable bonds is 0. The van der Waals surface area contributed by atoms with Gasteiger partial charge in [0, 0.05) is 13.1 Å². The van der Waals surface area contributed by atoms with E-state index in [0.717, 1.165) is 13.1 Å². The fraction of sp³-hybridized carbons (Fsp3) is 1.00. The largest absolute Gasteiger partial charge is 0.392 e. The zero-order chi connectivity index (χ0) is 5.56. The molecule has 1 saturated carbocycles. The average molecular weight is 113 g/mol. The van der Waals surface area contributed by atoms with E-state index in [9.17, 15) is 5.11 Å². The van der Waals surface area contributed by atoms with Crippen molar-refractivity contribution < 1.29 is 5.11 Å². The summed E-state index contributed by atoms with van der Waals surface area (Å²) in [5.74, 6) is 1.18. The molecule has 8 heavy (non-hydrogen) atoms. The summed E-state index contributed by atoms with van der Waals surface area (Å²) < 4.78 is 0. The van der Waals surface area contributed by atoms with Gasteiger partial charge in [-0.05, 0) is 18.3 Å². The summed E-state index contributed by atoms with van der Waals surface area (Å²) in [5, 5.41) is 12.4. The van der Waals surface area contributed by atoms with Gasteiger partial charge in [0.15, 0.2) is 0 Å². The standard InChI is InChI=1S/C6H11NO/c8-6-4-1-5(6)3-7-2-4/h4-8H,1-3H2. The topological polar surface area (TPSA) is 32.3 Å². The van der Waals surface area contributed by atoms with E-state index in [0.29, 0.717) is 11.8 Å². The molecule has 2 aliphatic heterocycles. The van der Waals surface area contributed by atoms with E-state index in [2.05, 4.69) is 5.32 Å². The average Bonchev–Trinajstić information content (AvgIpc) is 1.89. The van der Waals surface area contributed by atoms with Crippen LogP contribution in [0, 0.1) is 11.8 Å². The zero-order valence-electron chi connectivity index (χ0n) is 4.80. The smallest absolute Gasteiger partial charge is 0.0621 e. The minimum absolute atomic E-state index is 0.0382. The van der Waals surface area contributed by atoms with E-state index in [1.807, 2.05) is 0 Å². The molecule has 0 aromatic carbocycles. The maximum atomic E-state index is 9.19. The Bertz CT molecular complexity index is 90.7. The normalized spacial score (nSPS) is 52.9. The van der Waals surface area contributed by atoms with E-state index in [4.69, 9.17) is 0 Å². The van der Waals surface area contributed by atoms with Crippen LogP contribution in [0.1, 0.15) is 6.42 Å². The Hall–Kier alpha value is -0.0800. The van der Waals surface area contributed by atoms with Crippen molar-refractivity contribution in [2.75, 3.05) is 13.1 Å². The Balaban J connectivity index is 2.03. The highest BCUT2D eigenvalue weighted by molar-refractivity contribution is 4.95. The lowest BCUT2D eigenvalue weighted by Crippen LogP contribution is -2.56. The van der Waals surface area contributed by atoms with Crippen LogP contribution < -0.4 is 5.32 Å². The van der Waals surface area contributed by atoms with E-state index in [1.54, 1.807) is 0 Å². The van der Waals surface area contributed by atoms with Crippen molar-refractivity contribution in [1.29, 1.82) is 0 Å². The summed E-state index contributed by atoms with van der Waals surface area (Å²) in [6.45, 7) is 2.08. The molecule has 2 saturated heterocycles. The third-order valence-electron chi connectivity index (χ3n) is 2.38. The minimum Gasteiger partial charge on any atom is -0.392 e. The molecule has 2 bridgehead atoms.